The monoisotopic (exact) mass is 373 g/mol. The van der Waals surface area contributed by atoms with Crippen LogP contribution in [0, 0.1) is 0 Å². The average molecular weight is 374 g/mol. The van der Waals surface area contributed by atoms with Crippen molar-refractivity contribution < 1.29 is 9.32 Å². The summed E-state index contributed by atoms with van der Waals surface area (Å²) >= 11 is 5.86. The predicted molar refractivity (Wildman–Crippen MR) is 97.6 cm³/mol. The van der Waals surface area contributed by atoms with Gasteiger partial charge in [-0.2, -0.15) is 10.1 Å². The quantitative estimate of drug-likeness (QED) is 0.613. The summed E-state index contributed by atoms with van der Waals surface area (Å²) in [5.74, 6) is 0.913. The first-order valence-electron chi connectivity index (χ1n) is 8.43. The van der Waals surface area contributed by atoms with E-state index in [-0.39, 0.29) is 5.91 Å². The van der Waals surface area contributed by atoms with E-state index in [1.54, 1.807) is 16.8 Å². The number of aromatic nitrogens is 4. The van der Waals surface area contributed by atoms with E-state index in [0.29, 0.717) is 36.1 Å². The van der Waals surface area contributed by atoms with E-state index in [9.17, 15) is 4.79 Å². The lowest BCUT2D eigenvalue weighted by atomic mass is 10.2. The minimum Gasteiger partial charge on any atom is -0.356 e. The summed E-state index contributed by atoms with van der Waals surface area (Å²) in [7, 11) is 1.89. The van der Waals surface area contributed by atoms with Gasteiger partial charge in [0, 0.05) is 43.2 Å². The minimum absolute atomic E-state index is 0.0255. The Balaban J connectivity index is 1.38. The fourth-order valence-electron chi connectivity index (χ4n) is 2.50. The van der Waals surface area contributed by atoms with Crippen LogP contribution >= 0.6 is 11.6 Å². The number of hydrogen-bond donors (Lipinski definition) is 1. The first-order chi connectivity index (χ1) is 12.6. The molecule has 8 heteroatoms. The Hall–Kier alpha value is -2.67. The zero-order valence-corrected chi connectivity index (χ0v) is 15.2. The van der Waals surface area contributed by atoms with Crippen LogP contribution in [0.15, 0.2) is 41.2 Å². The van der Waals surface area contributed by atoms with Crippen molar-refractivity contribution in [1.29, 1.82) is 0 Å². The van der Waals surface area contributed by atoms with Gasteiger partial charge < -0.3 is 9.84 Å². The van der Waals surface area contributed by atoms with Gasteiger partial charge in [0.1, 0.15) is 0 Å². The molecule has 3 aromatic rings. The fraction of sp³-hybridized carbons (Fsp3) is 0.333. The van der Waals surface area contributed by atoms with Gasteiger partial charge >= 0.3 is 0 Å². The molecule has 3 rings (SSSR count). The topological polar surface area (TPSA) is 85.8 Å². The number of nitrogens with zero attached hydrogens (tertiary/aromatic N) is 4. The average Bonchev–Trinajstić information content (AvgIpc) is 3.27. The molecule has 26 heavy (non-hydrogen) atoms. The van der Waals surface area contributed by atoms with E-state index in [4.69, 9.17) is 16.1 Å². The summed E-state index contributed by atoms with van der Waals surface area (Å²) < 4.78 is 6.98. The highest BCUT2D eigenvalue weighted by Gasteiger charge is 2.10. The van der Waals surface area contributed by atoms with Crippen LogP contribution in [0.5, 0.6) is 0 Å². The first kappa shape index (κ1) is 18.1. The van der Waals surface area contributed by atoms with Gasteiger partial charge in [-0.05, 0) is 42.7 Å². The molecule has 0 radical (unpaired) electrons. The molecule has 1 N–H and O–H groups in total. The van der Waals surface area contributed by atoms with Crippen LogP contribution < -0.4 is 5.32 Å². The molecule has 1 amide bonds. The van der Waals surface area contributed by atoms with Crippen molar-refractivity contribution in [3.63, 3.8) is 0 Å². The highest BCUT2D eigenvalue weighted by Crippen LogP contribution is 2.18. The fourth-order valence-corrected chi connectivity index (χ4v) is 2.63. The van der Waals surface area contributed by atoms with E-state index in [2.05, 4.69) is 20.6 Å². The molecule has 0 saturated carbocycles. The van der Waals surface area contributed by atoms with Gasteiger partial charge in [-0.3, -0.25) is 9.48 Å². The second-order valence-electron chi connectivity index (χ2n) is 5.99. The molecule has 0 fully saturated rings. The van der Waals surface area contributed by atoms with Crippen molar-refractivity contribution in [1.82, 2.24) is 25.2 Å². The van der Waals surface area contributed by atoms with Gasteiger partial charge in [0.25, 0.3) is 0 Å². The van der Waals surface area contributed by atoms with Gasteiger partial charge in [0.05, 0.1) is 6.20 Å². The van der Waals surface area contributed by atoms with E-state index in [1.165, 1.54) is 5.56 Å². The van der Waals surface area contributed by atoms with Crippen LogP contribution in [-0.2, 0) is 24.7 Å². The molecule has 2 heterocycles. The maximum Gasteiger partial charge on any atom is 0.227 e. The van der Waals surface area contributed by atoms with Crippen LogP contribution in [0.1, 0.15) is 24.3 Å². The summed E-state index contributed by atoms with van der Waals surface area (Å²) in [6, 6.07) is 7.19. The summed E-state index contributed by atoms with van der Waals surface area (Å²) in [4.78, 5) is 16.2. The first-order valence-corrected chi connectivity index (χ1v) is 8.81. The minimum atomic E-state index is -0.0255. The largest absolute Gasteiger partial charge is 0.356 e. The third-order valence-corrected chi connectivity index (χ3v) is 4.11. The van der Waals surface area contributed by atoms with Gasteiger partial charge in [0.2, 0.25) is 17.6 Å². The molecule has 0 spiro atoms. The molecule has 0 atom stereocenters. The summed E-state index contributed by atoms with van der Waals surface area (Å²) in [6.07, 6.45) is 6.32. The number of rotatable bonds is 8. The van der Waals surface area contributed by atoms with Gasteiger partial charge in [0.15, 0.2) is 0 Å². The van der Waals surface area contributed by atoms with Crippen molar-refractivity contribution in [3.8, 4) is 11.4 Å². The highest BCUT2D eigenvalue weighted by molar-refractivity contribution is 6.30. The van der Waals surface area contributed by atoms with Crippen molar-refractivity contribution in [2.24, 2.45) is 7.05 Å². The van der Waals surface area contributed by atoms with Crippen LogP contribution in [-0.4, -0.2) is 32.4 Å². The normalized spacial score (nSPS) is 10.8. The van der Waals surface area contributed by atoms with Crippen molar-refractivity contribution in [3.05, 3.63) is 53.1 Å². The Kier molecular flexibility index (Phi) is 6.01. The number of carbonyl (C=O) groups is 1. The molecule has 0 bridgehead atoms. The van der Waals surface area contributed by atoms with Crippen LogP contribution in [0.3, 0.4) is 0 Å². The maximum absolute atomic E-state index is 11.9. The van der Waals surface area contributed by atoms with E-state index in [1.807, 2.05) is 31.6 Å². The Morgan fingerprint density at radius 3 is 2.81 bits per heavy atom. The van der Waals surface area contributed by atoms with E-state index >= 15 is 0 Å². The van der Waals surface area contributed by atoms with Crippen LogP contribution in [0.2, 0.25) is 5.02 Å². The number of carbonyl (C=O) groups excluding carboxylic acids is 1. The highest BCUT2D eigenvalue weighted by atomic mass is 35.5. The second-order valence-corrected chi connectivity index (χ2v) is 6.43. The van der Waals surface area contributed by atoms with Crippen LogP contribution in [0.4, 0.5) is 0 Å². The van der Waals surface area contributed by atoms with E-state index in [0.717, 1.165) is 18.4 Å². The smallest absolute Gasteiger partial charge is 0.227 e. The zero-order chi connectivity index (χ0) is 18.4. The molecular formula is C18H20ClN5O2. The lowest BCUT2D eigenvalue weighted by Crippen LogP contribution is -2.25. The molecule has 0 saturated heterocycles. The van der Waals surface area contributed by atoms with Crippen molar-refractivity contribution >= 4 is 17.5 Å². The molecule has 0 aliphatic carbocycles. The third-order valence-electron chi connectivity index (χ3n) is 3.86. The number of amides is 1. The lowest BCUT2D eigenvalue weighted by molar-refractivity contribution is -0.121. The molecule has 7 nitrogen and oxygen atoms in total. The molecule has 0 aliphatic heterocycles. The number of hydrogen-bond acceptors (Lipinski definition) is 5. The second kappa shape index (κ2) is 8.62. The third kappa shape index (κ3) is 5.16. The number of nitrogens with one attached hydrogen (secondary N) is 1. The van der Waals surface area contributed by atoms with Gasteiger partial charge in [-0.15, -0.1) is 0 Å². The number of benzene rings is 1. The Labute approximate surface area is 156 Å². The number of halogens is 1. The summed E-state index contributed by atoms with van der Waals surface area (Å²) in [6.45, 7) is 0.633. The SMILES string of the molecule is Cn1cc(CCCNC(=O)CCc2nc(-c3ccc(Cl)cc3)no2)cn1. The number of aryl methyl sites for hydroxylation is 3. The molecule has 2 aromatic heterocycles. The van der Waals surface area contributed by atoms with Gasteiger partial charge in [-0.25, -0.2) is 0 Å². The lowest BCUT2D eigenvalue weighted by Gasteiger charge is -2.03. The standard InChI is InChI=1S/C18H20ClN5O2/c1-24-12-13(11-21-24)3-2-10-20-16(25)8-9-17-22-18(23-26-17)14-4-6-15(19)7-5-14/h4-7,11-12H,2-3,8-10H2,1H3,(H,20,25). The molecule has 136 valence electrons. The predicted octanol–water partition coefficient (Wildman–Crippen LogP) is 2.81. The maximum atomic E-state index is 11.9. The molecule has 0 unspecified atom stereocenters. The van der Waals surface area contributed by atoms with Crippen LogP contribution in [0.25, 0.3) is 11.4 Å². The van der Waals surface area contributed by atoms with Crippen molar-refractivity contribution in [2.45, 2.75) is 25.7 Å². The molecule has 1 aromatic carbocycles. The van der Waals surface area contributed by atoms with Crippen molar-refractivity contribution in [2.75, 3.05) is 6.54 Å². The Morgan fingerprint density at radius 2 is 2.08 bits per heavy atom. The summed E-state index contributed by atoms with van der Waals surface area (Å²) in [5.41, 5.74) is 1.99. The van der Waals surface area contributed by atoms with Gasteiger partial charge in [-0.1, -0.05) is 16.8 Å². The zero-order valence-electron chi connectivity index (χ0n) is 14.5. The Morgan fingerprint density at radius 1 is 1.27 bits per heavy atom. The molecular weight excluding hydrogens is 354 g/mol. The summed E-state index contributed by atoms with van der Waals surface area (Å²) in [5, 5.41) is 11.6. The van der Waals surface area contributed by atoms with E-state index < -0.39 is 0 Å². The Bertz CT molecular complexity index is 857. The molecule has 0 aliphatic rings.